The highest BCUT2D eigenvalue weighted by Gasteiger charge is 2.28. The summed E-state index contributed by atoms with van der Waals surface area (Å²) in [6, 6.07) is 6.45. The summed E-state index contributed by atoms with van der Waals surface area (Å²) in [4.78, 5) is 40.1. The number of nitrogens with one attached hydrogen (secondary N) is 2. The fraction of sp³-hybridized carbons (Fsp3) is 0.609. The Kier molecular flexibility index (Phi) is 8.46. The summed E-state index contributed by atoms with van der Waals surface area (Å²) in [5.41, 5.74) is 1.03. The SMILES string of the molecule is COC(=O)CNC(=O)c1ccc(NC(=O)N2CCC(CN3CC(C)OC(C)C3)CC2)cc1. The van der Waals surface area contributed by atoms with Gasteiger partial charge in [-0.25, -0.2) is 4.79 Å². The third-order valence-corrected chi connectivity index (χ3v) is 5.93. The second kappa shape index (κ2) is 11.3. The molecule has 2 atom stereocenters. The van der Waals surface area contributed by atoms with Crippen molar-refractivity contribution in [3.8, 4) is 0 Å². The zero-order valence-electron chi connectivity index (χ0n) is 19.1. The van der Waals surface area contributed by atoms with Gasteiger partial charge in [-0.1, -0.05) is 0 Å². The molecule has 0 aliphatic carbocycles. The van der Waals surface area contributed by atoms with Crippen LogP contribution in [-0.4, -0.2) is 86.3 Å². The summed E-state index contributed by atoms with van der Waals surface area (Å²) in [5, 5.41) is 5.38. The minimum absolute atomic E-state index is 0.125. The Labute approximate surface area is 189 Å². The van der Waals surface area contributed by atoms with Crippen molar-refractivity contribution in [3.63, 3.8) is 0 Å². The lowest BCUT2D eigenvalue weighted by Crippen LogP contribution is -2.49. The average Bonchev–Trinajstić information content (AvgIpc) is 2.77. The summed E-state index contributed by atoms with van der Waals surface area (Å²) < 4.78 is 10.3. The summed E-state index contributed by atoms with van der Waals surface area (Å²) in [5.74, 6) is -0.293. The van der Waals surface area contributed by atoms with Crippen LogP contribution in [0.1, 0.15) is 37.0 Å². The molecular weight excluding hydrogens is 412 g/mol. The molecule has 2 unspecified atom stereocenters. The monoisotopic (exact) mass is 446 g/mol. The van der Waals surface area contributed by atoms with Gasteiger partial charge in [0.2, 0.25) is 0 Å². The molecule has 9 nitrogen and oxygen atoms in total. The molecule has 3 rings (SSSR count). The van der Waals surface area contributed by atoms with E-state index in [2.05, 4.69) is 34.1 Å². The van der Waals surface area contributed by atoms with Crippen molar-refractivity contribution in [3.05, 3.63) is 29.8 Å². The van der Waals surface area contributed by atoms with E-state index in [0.29, 0.717) is 17.2 Å². The van der Waals surface area contributed by atoms with Gasteiger partial charge in [0.25, 0.3) is 5.91 Å². The predicted molar refractivity (Wildman–Crippen MR) is 121 cm³/mol. The van der Waals surface area contributed by atoms with Crippen LogP contribution in [0, 0.1) is 5.92 Å². The van der Waals surface area contributed by atoms with Gasteiger partial charge in [-0.2, -0.15) is 0 Å². The van der Waals surface area contributed by atoms with E-state index in [1.54, 1.807) is 24.3 Å². The van der Waals surface area contributed by atoms with Crippen molar-refractivity contribution in [1.29, 1.82) is 0 Å². The van der Waals surface area contributed by atoms with E-state index in [0.717, 1.165) is 45.6 Å². The van der Waals surface area contributed by atoms with Gasteiger partial charge in [0.05, 0.1) is 19.3 Å². The number of likely N-dealkylation sites (tertiary alicyclic amines) is 1. The van der Waals surface area contributed by atoms with Gasteiger partial charge in [0.15, 0.2) is 0 Å². The number of methoxy groups -OCH3 is 1. The maximum absolute atomic E-state index is 12.6. The lowest BCUT2D eigenvalue weighted by atomic mass is 9.96. The third-order valence-electron chi connectivity index (χ3n) is 5.93. The van der Waals surface area contributed by atoms with Crippen LogP contribution in [0.5, 0.6) is 0 Å². The normalized spacial score (nSPS) is 22.3. The minimum atomic E-state index is -0.514. The Balaban J connectivity index is 1.41. The van der Waals surface area contributed by atoms with Crippen LogP contribution in [0.15, 0.2) is 24.3 Å². The Morgan fingerprint density at radius 2 is 1.69 bits per heavy atom. The third kappa shape index (κ3) is 6.93. The van der Waals surface area contributed by atoms with Gasteiger partial charge in [-0.05, 0) is 56.9 Å². The molecule has 2 aliphatic rings. The Hall–Kier alpha value is -2.65. The van der Waals surface area contributed by atoms with Gasteiger partial charge in [0, 0.05) is 44.0 Å². The van der Waals surface area contributed by atoms with Crippen molar-refractivity contribution in [2.24, 2.45) is 5.92 Å². The minimum Gasteiger partial charge on any atom is -0.468 e. The highest BCUT2D eigenvalue weighted by Crippen LogP contribution is 2.21. The van der Waals surface area contributed by atoms with E-state index in [1.807, 2.05) is 4.90 Å². The van der Waals surface area contributed by atoms with Crippen molar-refractivity contribution in [2.45, 2.75) is 38.9 Å². The molecule has 2 heterocycles. The van der Waals surface area contributed by atoms with Crippen LogP contribution in [0.3, 0.4) is 0 Å². The van der Waals surface area contributed by atoms with Crippen molar-refractivity contribution < 1.29 is 23.9 Å². The molecule has 3 amide bonds. The number of benzene rings is 1. The molecule has 32 heavy (non-hydrogen) atoms. The zero-order valence-corrected chi connectivity index (χ0v) is 19.1. The first-order chi connectivity index (χ1) is 15.3. The highest BCUT2D eigenvalue weighted by atomic mass is 16.5. The first-order valence-electron chi connectivity index (χ1n) is 11.2. The Morgan fingerprint density at radius 1 is 1.06 bits per heavy atom. The van der Waals surface area contributed by atoms with Crippen LogP contribution in [-0.2, 0) is 14.3 Å². The van der Waals surface area contributed by atoms with Crippen LogP contribution < -0.4 is 10.6 Å². The number of amides is 3. The number of rotatable bonds is 6. The van der Waals surface area contributed by atoms with E-state index in [4.69, 9.17) is 4.74 Å². The Bertz CT molecular complexity index is 782. The van der Waals surface area contributed by atoms with Gasteiger partial charge in [-0.3, -0.25) is 14.5 Å². The van der Waals surface area contributed by atoms with Crippen molar-refractivity contribution >= 4 is 23.6 Å². The maximum Gasteiger partial charge on any atom is 0.325 e. The molecule has 0 radical (unpaired) electrons. The molecule has 2 aliphatic heterocycles. The number of urea groups is 1. The molecule has 0 bridgehead atoms. The summed E-state index contributed by atoms with van der Waals surface area (Å²) >= 11 is 0. The second-order valence-electron chi connectivity index (χ2n) is 8.67. The topological polar surface area (TPSA) is 100 Å². The maximum atomic E-state index is 12.6. The molecule has 0 aromatic heterocycles. The number of hydrogen-bond acceptors (Lipinski definition) is 6. The standard InChI is InChI=1S/C23H34N4O5/c1-16-13-26(14-17(2)32-16)15-18-8-10-27(11-9-18)23(30)25-20-6-4-19(5-7-20)22(29)24-12-21(28)31-3/h4-7,16-18H,8-15H2,1-3H3,(H,24,29)(H,25,30). The molecule has 0 saturated carbocycles. The number of nitrogens with zero attached hydrogens (tertiary/aromatic N) is 2. The summed E-state index contributed by atoms with van der Waals surface area (Å²) in [7, 11) is 1.26. The van der Waals surface area contributed by atoms with Crippen molar-refractivity contribution in [2.75, 3.05) is 51.7 Å². The van der Waals surface area contributed by atoms with E-state index >= 15 is 0 Å². The van der Waals surface area contributed by atoms with Gasteiger partial charge in [0.1, 0.15) is 6.54 Å². The number of hydrogen-bond donors (Lipinski definition) is 2. The summed E-state index contributed by atoms with van der Waals surface area (Å²) in [6.07, 6.45) is 2.53. The van der Waals surface area contributed by atoms with Crippen LogP contribution in [0.4, 0.5) is 10.5 Å². The number of morpholine rings is 1. The molecule has 0 spiro atoms. The van der Waals surface area contributed by atoms with Crippen molar-refractivity contribution in [1.82, 2.24) is 15.1 Å². The van der Waals surface area contributed by atoms with Gasteiger partial charge < -0.3 is 25.0 Å². The summed E-state index contributed by atoms with van der Waals surface area (Å²) in [6.45, 7) is 8.54. The predicted octanol–water partition coefficient (Wildman–Crippen LogP) is 1.94. The van der Waals surface area contributed by atoms with Crippen LogP contribution in [0.25, 0.3) is 0 Å². The van der Waals surface area contributed by atoms with Crippen LogP contribution in [0.2, 0.25) is 0 Å². The number of esters is 1. The molecular formula is C23H34N4O5. The number of anilines is 1. The van der Waals surface area contributed by atoms with E-state index in [9.17, 15) is 14.4 Å². The number of ether oxygens (including phenoxy) is 2. The number of carbonyl (C=O) groups excluding carboxylic acids is 3. The average molecular weight is 447 g/mol. The molecule has 176 valence electrons. The largest absolute Gasteiger partial charge is 0.468 e. The lowest BCUT2D eigenvalue weighted by molar-refractivity contribution is -0.139. The molecule has 2 fully saturated rings. The number of piperidine rings is 1. The Morgan fingerprint density at radius 3 is 2.28 bits per heavy atom. The fourth-order valence-electron chi connectivity index (χ4n) is 4.35. The zero-order chi connectivity index (χ0) is 23.1. The van der Waals surface area contributed by atoms with Crippen LogP contribution >= 0.6 is 0 Å². The quantitative estimate of drug-likeness (QED) is 0.648. The first kappa shape index (κ1) is 24.0. The number of carbonyl (C=O) groups is 3. The molecule has 2 N–H and O–H groups in total. The van der Waals surface area contributed by atoms with E-state index < -0.39 is 5.97 Å². The lowest BCUT2D eigenvalue weighted by Gasteiger charge is -2.39. The highest BCUT2D eigenvalue weighted by molar-refractivity contribution is 5.97. The molecule has 1 aromatic carbocycles. The molecule has 2 saturated heterocycles. The van der Waals surface area contributed by atoms with E-state index in [1.165, 1.54) is 7.11 Å². The van der Waals surface area contributed by atoms with E-state index in [-0.39, 0.29) is 30.7 Å². The molecule has 1 aromatic rings. The molecule has 9 heteroatoms. The first-order valence-corrected chi connectivity index (χ1v) is 11.2. The smallest absolute Gasteiger partial charge is 0.325 e. The van der Waals surface area contributed by atoms with Gasteiger partial charge in [-0.15, -0.1) is 0 Å². The second-order valence-corrected chi connectivity index (χ2v) is 8.67. The fourth-order valence-corrected chi connectivity index (χ4v) is 4.35. The van der Waals surface area contributed by atoms with Gasteiger partial charge >= 0.3 is 12.0 Å².